The molecule has 1 aromatic carbocycles. The largest absolute Gasteiger partial charge is 0.480 e. The molecule has 1 aliphatic rings. The van der Waals surface area contributed by atoms with Crippen LogP contribution in [0.4, 0.5) is 10.5 Å². The highest BCUT2D eigenvalue weighted by Crippen LogP contribution is 2.26. The number of para-hydroxylation sites is 1. The second-order valence-electron chi connectivity index (χ2n) is 8.20. The SMILES string of the molecule is CC(C)CC1=NN(C(CC(=O)C(C)(C)C)C(=O)O)C(=O)Nc2ccccc21. The second-order valence-corrected chi connectivity index (χ2v) is 8.20. The molecule has 146 valence electrons. The maximum absolute atomic E-state index is 12.7. The number of urea groups is 1. The number of aliphatic carboxylic acids is 1. The van der Waals surface area contributed by atoms with Gasteiger partial charge in [0.05, 0.1) is 11.4 Å². The molecule has 1 unspecified atom stereocenters. The summed E-state index contributed by atoms with van der Waals surface area (Å²) in [6.07, 6.45) is 0.267. The van der Waals surface area contributed by atoms with Gasteiger partial charge >= 0.3 is 12.0 Å². The van der Waals surface area contributed by atoms with Crippen LogP contribution in [0, 0.1) is 11.3 Å². The zero-order valence-electron chi connectivity index (χ0n) is 16.4. The van der Waals surface area contributed by atoms with E-state index in [0.29, 0.717) is 17.8 Å². The van der Waals surface area contributed by atoms with E-state index in [4.69, 9.17) is 0 Å². The number of hydrogen-bond acceptors (Lipinski definition) is 4. The lowest BCUT2D eigenvalue weighted by Crippen LogP contribution is -2.46. The number of benzene rings is 1. The van der Waals surface area contributed by atoms with E-state index in [1.807, 2.05) is 26.0 Å². The van der Waals surface area contributed by atoms with E-state index in [1.54, 1.807) is 32.9 Å². The Morgan fingerprint density at radius 1 is 1.22 bits per heavy atom. The first-order valence-corrected chi connectivity index (χ1v) is 9.04. The summed E-state index contributed by atoms with van der Waals surface area (Å²) in [5, 5.41) is 17.7. The van der Waals surface area contributed by atoms with Gasteiger partial charge in [0.1, 0.15) is 5.78 Å². The number of amides is 2. The number of carboxylic acid groups (broad SMARTS) is 1. The lowest BCUT2D eigenvalue weighted by Gasteiger charge is -2.26. The topological polar surface area (TPSA) is 99.1 Å². The van der Waals surface area contributed by atoms with Crippen molar-refractivity contribution >= 4 is 29.2 Å². The van der Waals surface area contributed by atoms with Crippen molar-refractivity contribution in [2.45, 2.75) is 53.5 Å². The van der Waals surface area contributed by atoms with Crippen LogP contribution in [0.3, 0.4) is 0 Å². The fourth-order valence-corrected chi connectivity index (χ4v) is 2.75. The number of carbonyl (C=O) groups excluding carboxylic acids is 2. The summed E-state index contributed by atoms with van der Waals surface area (Å²) in [7, 11) is 0. The lowest BCUT2D eigenvalue weighted by molar-refractivity contribution is -0.145. The minimum absolute atomic E-state index is 0.245. The first-order chi connectivity index (χ1) is 12.5. The van der Waals surface area contributed by atoms with E-state index in [0.717, 1.165) is 10.6 Å². The van der Waals surface area contributed by atoms with Gasteiger partial charge in [-0.1, -0.05) is 52.8 Å². The molecule has 1 heterocycles. The van der Waals surface area contributed by atoms with Crippen molar-refractivity contribution in [3.63, 3.8) is 0 Å². The monoisotopic (exact) mass is 373 g/mol. The van der Waals surface area contributed by atoms with E-state index in [2.05, 4.69) is 10.4 Å². The number of anilines is 1. The molecule has 7 nitrogen and oxygen atoms in total. The third kappa shape index (κ3) is 4.93. The van der Waals surface area contributed by atoms with Crippen molar-refractivity contribution in [1.29, 1.82) is 0 Å². The molecule has 0 spiro atoms. The van der Waals surface area contributed by atoms with E-state index in [-0.39, 0.29) is 18.1 Å². The molecule has 2 rings (SSSR count). The summed E-state index contributed by atoms with van der Waals surface area (Å²) in [6, 6.07) is 5.20. The van der Waals surface area contributed by atoms with Crippen molar-refractivity contribution in [1.82, 2.24) is 5.01 Å². The normalized spacial score (nSPS) is 15.6. The second kappa shape index (κ2) is 7.90. The highest BCUT2D eigenvalue weighted by atomic mass is 16.4. The van der Waals surface area contributed by atoms with Gasteiger partial charge in [0.15, 0.2) is 6.04 Å². The third-order valence-corrected chi connectivity index (χ3v) is 4.31. The van der Waals surface area contributed by atoms with Crippen molar-refractivity contribution in [2.75, 3.05) is 5.32 Å². The highest BCUT2D eigenvalue weighted by Gasteiger charge is 2.37. The number of Topliss-reactive ketones (excluding diaryl/α,β-unsaturated/α-hetero) is 1. The Hall–Kier alpha value is -2.70. The van der Waals surface area contributed by atoms with Crippen molar-refractivity contribution < 1.29 is 19.5 Å². The van der Waals surface area contributed by atoms with Crippen LogP contribution in [-0.4, -0.2) is 39.7 Å². The molecule has 1 aromatic rings. The Kier molecular flexibility index (Phi) is 6.03. The van der Waals surface area contributed by atoms with Gasteiger partial charge in [0.2, 0.25) is 0 Å². The van der Waals surface area contributed by atoms with Gasteiger partial charge in [0, 0.05) is 17.4 Å². The molecule has 0 fully saturated rings. The molecular weight excluding hydrogens is 346 g/mol. The predicted molar refractivity (Wildman–Crippen MR) is 104 cm³/mol. The Labute approximate surface area is 159 Å². The fourth-order valence-electron chi connectivity index (χ4n) is 2.75. The Morgan fingerprint density at radius 3 is 2.41 bits per heavy atom. The van der Waals surface area contributed by atoms with Gasteiger partial charge in [-0.3, -0.25) is 4.79 Å². The molecule has 0 aliphatic carbocycles. The fraction of sp³-hybridized carbons (Fsp3) is 0.500. The molecule has 1 aliphatic heterocycles. The quantitative estimate of drug-likeness (QED) is 0.793. The smallest absolute Gasteiger partial charge is 0.343 e. The molecule has 0 radical (unpaired) electrons. The molecule has 1 atom stereocenters. The van der Waals surface area contributed by atoms with Crippen molar-refractivity contribution in [3.8, 4) is 0 Å². The molecule has 2 amide bonds. The predicted octanol–water partition coefficient (Wildman–Crippen LogP) is 3.74. The first kappa shape index (κ1) is 20.6. The minimum atomic E-state index is -1.37. The molecule has 0 bridgehead atoms. The van der Waals surface area contributed by atoms with Crippen LogP contribution in [0.5, 0.6) is 0 Å². The summed E-state index contributed by atoms with van der Waals surface area (Å²) in [5.74, 6) is -1.25. The highest BCUT2D eigenvalue weighted by molar-refractivity contribution is 6.10. The number of rotatable bonds is 6. The third-order valence-electron chi connectivity index (χ3n) is 4.31. The molecule has 0 aromatic heterocycles. The molecule has 0 saturated heterocycles. The van der Waals surface area contributed by atoms with Crippen LogP contribution in [0.15, 0.2) is 29.4 Å². The molecule has 7 heteroatoms. The number of hydrazone groups is 1. The zero-order chi connectivity index (χ0) is 20.4. The lowest BCUT2D eigenvalue weighted by atomic mass is 9.87. The first-order valence-electron chi connectivity index (χ1n) is 9.04. The zero-order valence-corrected chi connectivity index (χ0v) is 16.4. The Bertz CT molecular complexity index is 778. The maximum atomic E-state index is 12.7. The molecule has 0 saturated carbocycles. The molecule has 27 heavy (non-hydrogen) atoms. The number of fused-ring (bicyclic) bond motifs is 1. The Morgan fingerprint density at radius 2 is 1.85 bits per heavy atom. The number of hydrogen-bond donors (Lipinski definition) is 2. The van der Waals surface area contributed by atoms with Crippen LogP contribution in [0.25, 0.3) is 0 Å². The van der Waals surface area contributed by atoms with Gasteiger partial charge in [-0.05, 0) is 18.4 Å². The minimum Gasteiger partial charge on any atom is -0.480 e. The van der Waals surface area contributed by atoms with Crippen LogP contribution < -0.4 is 5.32 Å². The van der Waals surface area contributed by atoms with Gasteiger partial charge in [-0.25, -0.2) is 9.59 Å². The summed E-state index contributed by atoms with van der Waals surface area (Å²) < 4.78 is 0. The number of carbonyl (C=O) groups is 3. The number of ketones is 1. The van der Waals surface area contributed by atoms with Crippen LogP contribution in [0.1, 0.15) is 53.0 Å². The van der Waals surface area contributed by atoms with Crippen molar-refractivity contribution in [3.05, 3.63) is 29.8 Å². The van der Waals surface area contributed by atoms with Crippen LogP contribution >= 0.6 is 0 Å². The standard InChI is InChI=1S/C20H27N3O4/c1-12(2)10-15-13-8-6-7-9-14(13)21-19(27)23(22-15)16(18(25)26)11-17(24)20(3,4)5/h6-9,12,16H,10-11H2,1-5H3,(H,21,27)(H,25,26). The van der Waals surface area contributed by atoms with Crippen LogP contribution in [-0.2, 0) is 9.59 Å². The maximum Gasteiger partial charge on any atom is 0.343 e. The average molecular weight is 373 g/mol. The number of nitrogens with zero attached hydrogens (tertiary/aromatic N) is 2. The van der Waals surface area contributed by atoms with E-state index in [9.17, 15) is 19.5 Å². The Balaban J connectivity index is 2.48. The summed E-state index contributed by atoms with van der Waals surface area (Å²) >= 11 is 0. The van der Waals surface area contributed by atoms with Gasteiger partial charge < -0.3 is 10.4 Å². The van der Waals surface area contributed by atoms with E-state index >= 15 is 0 Å². The van der Waals surface area contributed by atoms with E-state index in [1.165, 1.54) is 0 Å². The van der Waals surface area contributed by atoms with Crippen molar-refractivity contribution in [2.24, 2.45) is 16.4 Å². The van der Waals surface area contributed by atoms with Gasteiger partial charge in [-0.15, -0.1) is 0 Å². The number of carboxylic acids is 1. The number of nitrogens with one attached hydrogen (secondary N) is 1. The van der Waals surface area contributed by atoms with Gasteiger partial charge in [-0.2, -0.15) is 10.1 Å². The molecule has 2 N–H and O–H groups in total. The molecular formula is C20H27N3O4. The summed E-state index contributed by atoms with van der Waals surface area (Å²) in [4.78, 5) is 37.0. The average Bonchev–Trinajstić information content (AvgIpc) is 2.68. The van der Waals surface area contributed by atoms with Crippen LogP contribution in [0.2, 0.25) is 0 Å². The van der Waals surface area contributed by atoms with E-state index < -0.39 is 23.5 Å². The summed E-state index contributed by atoms with van der Waals surface area (Å²) in [6.45, 7) is 9.21. The summed E-state index contributed by atoms with van der Waals surface area (Å²) in [5.41, 5.74) is 1.25. The van der Waals surface area contributed by atoms with Gasteiger partial charge in [0.25, 0.3) is 0 Å².